The lowest BCUT2D eigenvalue weighted by molar-refractivity contribution is 1.10. The van der Waals surface area contributed by atoms with Crippen molar-refractivity contribution in [2.24, 2.45) is 0 Å². The molecular weight excluding hydrogens is 96.1 g/mol. The lowest BCUT2D eigenvalue weighted by atomic mass is 10.2. The molecule has 0 heteroatoms. The molecule has 0 spiro atoms. The third kappa shape index (κ3) is 3.49. The fourth-order valence-corrected chi connectivity index (χ4v) is 0.297. The first kappa shape index (κ1) is 7.30. The molecule has 0 aliphatic heterocycles. The smallest absolute Gasteiger partial charge is 0.00235 e. The molecule has 0 aliphatic carbocycles. The van der Waals surface area contributed by atoms with E-state index in [1.54, 1.807) is 0 Å². The van der Waals surface area contributed by atoms with E-state index in [0.29, 0.717) is 0 Å². The van der Waals surface area contributed by atoms with Gasteiger partial charge in [0.05, 0.1) is 0 Å². The van der Waals surface area contributed by atoms with Crippen LogP contribution < -0.4 is 0 Å². The molecule has 0 unspecified atom stereocenters. The molecular formula is C8H12. The molecule has 0 bridgehead atoms. The summed E-state index contributed by atoms with van der Waals surface area (Å²) in [4.78, 5) is 0. The van der Waals surface area contributed by atoms with Crippen molar-refractivity contribution in [2.45, 2.75) is 27.2 Å². The van der Waals surface area contributed by atoms with Gasteiger partial charge in [0.15, 0.2) is 0 Å². The fraction of sp³-hybridized carbons (Fsp3) is 0.500. The molecule has 0 aromatic carbocycles. The number of rotatable bonds is 1. The van der Waals surface area contributed by atoms with E-state index < -0.39 is 0 Å². The predicted octanol–water partition coefficient (Wildman–Crippen LogP) is 2.37. The monoisotopic (exact) mass is 108 g/mol. The molecule has 44 valence electrons. The highest BCUT2D eigenvalue weighted by Gasteiger charge is 1.75. The summed E-state index contributed by atoms with van der Waals surface area (Å²) in [7, 11) is 0. The van der Waals surface area contributed by atoms with Crippen LogP contribution in [-0.2, 0) is 0 Å². The van der Waals surface area contributed by atoms with Crippen LogP contribution in [0, 0.1) is 11.8 Å². The zero-order valence-corrected chi connectivity index (χ0v) is 5.78. The van der Waals surface area contributed by atoms with Gasteiger partial charge in [0.25, 0.3) is 0 Å². The van der Waals surface area contributed by atoms with Crippen LogP contribution in [0.25, 0.3) is 0 Å². The van der Waals surface area contributed by atoms with Crippen molar-refractivity contribution in [3.8, 4) is 11.8 Å². The van der Waals surface area contributed by atoms with Crippen LogP contribution in [0.1, 0.15) is 27.2 Å². The van der Waals surface area contributed by atoms with Crippen LogP contribution in [0.3, 0.4) is 0 Å². The number of allylic oxidation sites excluding steroid dienone is 2. The average molecular weight is 108 g/mol. The summed E-state index contributed by atoms with van der Waals surface area (Å²) >= 11 is 0. The fourth-order valence-electron chi connectivity index (χ4n) is 0.297. The third-order valence-corrected chi connectivity index (χ3v) is 1.02. The zero-order chi connectivity index (χ0) is 6.41. The molecule has 0 aliphatic rings. The van der Waals surface area contributed by atoms with E-state index in [0.717, 1.165) is 6.42 Å². The second kappa shape index (κ2) is 4.46. The molecule has 8 heavy (non-hydrogen) atoms. The van der Waals surface area contributed by atoms with E-state index in [2.05, 4.69) is 25.7 Å². The highest BCUT2D eigenvalue weighted by Crippen LogP contribution is 1.94. The van der Waals surface area contributed by atoms with Crippen LogP contribution in [-0.4, -0.2) is 0 Å². The van der Waals surface area contributed by atoms with Crippen LogP contribution in [0.4, 0.5) is 0 Å². The maximum atomic E-state index is 2.89. The van der Waals surface area contributed by atoms with Crippen molar-refractivity contribution in [3.05, 3.63) is 11.6 Å². The van der Waals surface area contributed by atoms with Crippen molar-refractivity contribution in [2.75, 3.05) is 0 Å². The summed E-state index contributed by atoms with van der Waals surface area (Å²) in [5, 5.41) is 0. The quantitative estimate of drug-likeness (QED) is 0.452. The Balaban J connectivity index is 3.69. The first-order valence-corrected chi connectivity index (χ1v) is 2.89. The Kier molecular flexibility index (Phi) is 4.07. The SMILES string of the molecule is CC#C/C=C(\C)CC. The van der Waals surface area contributed by atoms with E-state index >= 15 is 0 Å². The molecule has 0 radical (unpaired) electrons. The van der Waals surface area contributed by atoms with Gasteiger partial charge in [0, 0.05) is 0 Å². The molecule has 0 amide bonds. The summed E-state index contributed by atoms with van der Waals surface area (Å²) in [6.07, 6.45) is 3.06. The Morgan fingerprint density at radius 1 is 1.62 bits per heavy atom. The normalized spacial score (nSPS) is 10.1. The van der Waals surface area contributed by atoms with Gasteiger partial charge in [0.1, 0.15) is 0 Å². The lowest BCUT2D eigenvalue weighted by Crippen LogP contribution is -1.66. The first-order valence-electron chi connectivity index (χ1n) is 2.89. The molecule has 0 aromatic heterocycles. The van der Waals surface area contributed by atoms with Crippen molar-refractivity contribution < 1.29 is 0 Å². The second-order valence-corrected chi connectivity index (χ2v) is 1.74. The van der Waals surface area contributed by atoms with Crippen LogP contribution in [0.15, 0.2) is 11.6 Å². The summed E-state index contributed by atoms with van der Waals surface area (Å²) in [5.41, 5.74) is 1.35. The van der Waals surface area contributed by atoms with Gasteiger partial charge in [-0.2, -0.15) is 0 Å². The Morgan fingerprint density at radius 2 is 2.25 bits per heavy atom. The minimum Gasteiger partial charge on any atom is -0.102 e. The van der Waals surface area contributed by atoms with Gasteiger partial charge in [-0.05, 0) is 26.3 Å². The summed E-state index contributed by atoms with van der Waals surface area (Å²) < 4.78 is 0. The van der Waals surface area contributed by atoms with Gasteiger partial charge in [-0.15, -0.1) is 5.92 Å². The van der Waals surface area contributed by atoms with E-state index in [-0.39, 0.29) is 0 Å². The maximum absolute atomic E-state index is 2.89. The van der Waals surface area contributed by atoms with Crippen molar-refractivity contribution >= 4 is 0 Å². The van der Waals surface area contributed by atoms with Gasteiger partial charge in [0.2, 0.25) is 0 Å². The molecule has 0 atom stereocenters. The molecule has 0 nitrogen and oxygen atoms in total. The third-order valence-electron chi connectivity index (χ3n) is 1.02. The summed E-state index contributed by atoms with van der Waals surface area (Å²) in [6, 6.07) is 0. The van der Waals surface area contributed by atoms with Crippen LogP contribution in [0.5, 0.6) is 0 Å². The lowest BCUT2D eigenvalue weighted by Gasteiger charge is -1.85. The topological polar surface area (TPSA) is 0 Å². The van der Waals surface area contributed by atoms with Crippen molar-refractivity contribution in [1.29, 1.82) is 0 Å². The van der Waals surface area contributed by atoms with Gasteiger partial charge in [-0.25, -0.2) is 0 Å². The standard InChI is InChI=1S/C8H12/c1-4-6-7-8(3)5-2/h7H,5H2,1-3H3/b8-7+. The van der Waals surface area contributed by atoms with E-state index in [9.17, 15) is 0 Å². The summed E-state index contributed by atoms with van der Waals surface area (Å²) in [5.74, 6) is 5.69. The first-order chi connectivity index (χ1) is 3.81. The highest BCUT2D eigenvalue weighted by molar-refractivity contribution is 5.18. The van der Waals surface area contributed by atoms with Gasteiger partial charge in [-0.3, -0.25) is 0 Å². The van der Waals surface area contributed by atoms with E-state index in [1.807, 2.05) is 13.0 Å². The molecule has 0 fully saturated rings. The van der Waals surface area contributed by atoms with Crippen molar-refractivity contribution in [3.63, 3.8) is 0 Å². The molecule has 0 heterocycles. The summed E-state index contributed by atoms with van der Waals surface area (Å²) in [6.45, 7) is 6.06. The van der Waals surface area contributed by atoms with E-state index in [4.69, 9.17) is 0 Å². The molecule has 0 saturated carbocycles. The Labute approximate surface area is 51.6 Å². The minimum absolute atomic E-state index is 1.11. The van der Waals surface area contributed by atoms with Gasteiger partial charge >= 0.3 is 0 Å². The Hall–Kier alpha value is -0.700. The largest absolute Gasteiger partial charge is 0.102 e. The number of hydrogen-bond acceptors (Lipinski definition) is 0. The maximum Gasteiger partial charge on any atom is -0.00235 e. The number of hydrogen-bond donors (Lipinski definition) is 0. The Bertz CT molecular complexity index is 130. The zero-order valence-electron chi connectivity index (χ0n) is 5.78. The molecule has 0 N–H and O–H groups in total. The van der Waals surface area contributed by atoms with Crippen molar-refractivity contribution in [1.82, 2.24) is 0 Å². The second-order valence-electron chi connectivity index (χ2n) is 1.74. The van der Waals surface area contributed by atoms with Crippen LogP contribution >= 0.6 is 0 Å². The highest BCUT2D eigenvalue weighted by atomic mass is 13.8. The predicted molar refractivity (Wildman–Crippen MR) is 37.5 cm³/mol. The minimum atomic E-state index is 1.11. The van der Waals surface area contributed by atoms with Crippen LogP contribution in [0.2, 0.25) is 0 Å². The Morgan fingerprint density at radius 3 is 2.62 bits per heavy atom. The van der Waals surface area contributed by atoms with E-state index in [1.165, 1.54) is 5.57 Å². The molecule has 0 saturated heterocycles. The molecule has 0 rings (SSSR count). The van der Waals surface area contributed by atoms with Gasteiger partial charge < -0.3 is 0 Å². The van der Waals surface area contributed by atoms with Gasteiger partial charge in [-0.1, -0.05) is 18.4 Å². The molecule has 0 aromatic rings. The average Bonchev–Trinajstić information content (AvgIpc) is 1.83.